The van der Waals surface area contributed by atoms with E-state index in [0.29, 0.717) is 19.0 Å². The fourth-order valence-corrected chi connectivity index (χ4v) is 3.66. The number of nitrogens with one attached hydrogen (secondary N) is 2. The summed E-state index contributed by atoms with van der Waals surface area (Å²) in [4.78, 5) is 20.7. The summed E-state index contributed by atoms with van der Waals surface area (Å²) in [5, 5.41) is 20.4. The van der Waals surface area contributed by atoms with E-state index in [-0.39, 0.29) is 29.3 Å². The van der Waals surface area contributed by atoms with Gasteiger partial charge < -0.3 is 19.7 Å². The second-order valence-electron chi connectivity index (χ2n) is 6.90. The molecule has 1 aliphatic heterocycles. The average molecular weight is 369 g/mol. The maximum Gasteiger partial charge on any atom is 0.314 e. The molecular weight excluding hydrogens is 344 g/mol. The predicted octanol–water partition coefficient (Wildman–Crippen LogP) is 1.60. The lowest BCUT2D eigenvalue weighted by Crippen LogP contribution is -3.17. The average Bonchev–Trinajstić information content (AvgIpc) is 3.11. The summed E-state index contributed by atoms with van der Waals surface area (Å²) >= 11 is 0. The summed E-state index contributed by atoms with van der Waals surface area (Å²) in [5.41, 5.74) is 1.70. The van der Waals surface area contributed by atoms with Crippen LogP contribution in [0, 0.1) is 17.2 Å². The zero-order chi connectivity index (χ0) is 19.4. The number of carbonyl (C=O) groups is 1. The SMILES string of the molecule is CCOC(=O)[C@@H]1CCC[NH+]([C@@H](C)/C(O)=C(\C#N)c2nc3ccccc3[nH]2)C1. The number of benzene rings is 1. The second kappa shape index (κ2) is 8.23. The summed E-state index contributed by atoms with van der Waals surface area (Å²) in [6.07, 6.45) is 1.68. The Kier molecular flexibility index (Phi) is 5.77. The number of piperidine rings is 1. The lowest BCUT2D eigenvalue weighted by Gasteiger charge is -2.32. The zero-order valence-electron chi connectivity index (χ0n) is 15.7. The van der Waals surface area contributed by atoms with Crippen LogP contribution in [0.15, 0.2) is 30.0 Å². The van der Waals surface area contributed by atoms with Crippen LogP contribution in [0.5, 0.6) is 0 Å². The molecule has 0 saturated carbocycles. The van der Waals surface area contributed by atoms with Gasteiger partial charge in [0.1, 0.15) is 23.6 Å². The highest BCUT2D eigenvalue weighted by atomic mass is 16.5. The highest BCUT2D eigenvalue weighted by Crippen LogP contribution is 2.20. The Hall–Kier alpha value is -2.85. The maximum absolute atomic E-state index is 12.1. The monoisotopic (exact) mass is 369 g/mol. The van der Waals surface area contributed by atoms with Crippen molar-refractivity contribution in [1.29, 1.82) is 5.26 Å². The van der Waals surface area contributed by atoms with Gasteiger partial charge in [0.2, 0.25) is 0 Å². The minimum Gasteiger partial charge on any atom is -0.505 e. The maximum atomic E-state index is 12.1. The minimum absolute atomic E-state index is 0.00364. The summed E-state index contributed by atoms with van der Waals surface area (Å²) in [5.74, 6) is 0.0151. The molecule has 1 unspecified atom stereocenters. The highest BCUT2D eigenvalue weighted by molar-refractivity contribution is 5.82. The number of allylic oxidation sites excluding steroid dienone is 1. The van der Waals surface area contributed by atoms with Gasteiger partial charge in [-0.05, 0) is 38.8 Å². The van der Waals surface area contributed by atoms with Gasteiger partial charge in [-0.2, -0.15) is 5.26 Å². The van der Waals surface area contributed by atoms with Crippen LogP contribution in [-0.4, -0.2) is 46.8 Å². The largest absolute Gasteiger partial charge is 0.505 e. The van der Waals surface area contributed by atoms with Crippen LogP contribution < -0.4 is 4.90 Å². The zero-order valence-corrected chi connectivity index (χ0v) is 15.7. The Balaban J connectivity index is 1.84. The first kappa shape index (κ1) is 18.9. The van der Waals surface area contributed by atoms with Gasteiger partial charge in [-0.15, -0.1) is 0 Å². The third-order valence-corrected chi connectivity index (χ3v) is 5.20. The van der Waals surface area contributed by atoms with Crippen LogP contribution in [0.4, 0.5) is 0 Å². The van der Waals surface area contributed by atoms with E-state index in [1.54, 1.807) is 6.92 Å². The van der Waals surface area contributed by atoms with Crippen molar-refractivity contribution in [2.24, 2.45) is 5.92 Å². The van der Waals surface area contributed by atoms with Crippen molar-refractivity contribution in [3.8, 4) is 6.07 Å². The van der Waals surface area contributed by atoms with Crippen molar-refractivity contribution in [2.45, 2.75) is 32.7 Å². The highest BCUT2D eigenvalue weighted by Gasteiger charge is 2.34. The molecule has 1 aromatic carbocycles. The van der Waals surface area contributed by atoms with E-state index in [1.165, 1.54) is 0 Å². The number of quaternary nitrogens is 1. The van der Waals surface area contributed by atoms with Gasteiger partial charge in [0.15, 0.2) is 11.6 Å². The number of H-pyrrole nitrogens is 1. The van der Waals surface area contributed by atoms with Crippen LogP contribution in [0.25, 0.3) is 16.6 Å². The summed E-state index contributed by atoms with van der Waals surface area (Å²) < 4.78 is 5.15. The first-order valence-corrected chi connectivity index (χ1v) is 9.34. The molecule has 1 saturated heterocycles. The van der Waals surface area contributed by atoms with Crippen LogP contribution in [0.2, 0.25) is 0 Å². The van der Waals surface area contributed by atoms with Gasteiger partial charge >= 0.3 is 5.97 Å². The predicted molar refractivity (Wildman–Crippen MR) is 101 cm³/mol. The summed E-state index contributed by atoms with van der Waals surface area (Å²) in [6.45, 7) is 5.46. The van der Waals surface area contributed by atoms with Gasteiger partial charge in [-0.25, -0.2) is 4.98 Å². The van der Waals surface area contributed by atoms with Crippen molar-refractivity contribution >= 4 is 22.6 Å². The lowest BCUT2D eigenvalue weighted by molar-refractivity contribution is -0.926. The molecule has 2 aromatic rings. The van der Waals surface area contributed by atoms with Crippen molar-refractivity contribution in [2.75, 3.05) is 19.7 Å². The molecule has 7 nitrogen and oxygen atoms in total. The number of hydrogen-bond acceptors (Lipinski definition) is 5. The van der Waals surface area contributed by atoms with Crippen molar-refractivity contribution in [3.63, 3.8) is 0 Å². The molecule has 3 atom stereocenters. The third kappa shape index (κ3) is 3.96. The van der Waals surface area contributed by atoms with E-state index >= 15 is 0 Å². The normalized spacial score (nSPS) is 22.0. The number of likely N-dealkylation sites (tertiary alicyclic amines) is 1. The van der Waals surface area contributed by atoms with Crippen LogP contribution >= 0.6 is 0 Å². The fourth-order valence-electron chi connectivity index (χ4n) is 3.66. The number of hydrogen-bond donors (Lipinski definition) is 3. The van der Waals surface area contributed by atoms with E-state index < -0.39 is 0 Å². The van der Waals surface area contributed by atoms with Crippen LogP contribution in [-0.2, 0) is 9.53 Å². The smallest absolute Gasteiger partial charge is 0.314 e. The first-order valence-electron chi connectivity index (χ1n) is 9.34. The Labute approximate surface area is 158 Å². The molecule has 0 radical (unpaired) electrons. The molecule has 2 heterocycles. The van der Waals surface area contributed by atoms with Gasteiger partial charge in [-0.3, -0.25) is 4.79 Å². The number of imidazole rings is 1. The molecule has 142 valence electrons. The molecule has 0 bridgehead atoms. The van der Waals surface area contributed by atoms with Gasteiger partial charge in [0, 0.05) is 0 Å². The molecule has 0 spiro atoms. The molecule has 1 fully saturated rings. The Morgan fingerprint density at radius 1 is 1.52 bits per heavy atom. The number of esters is 1. The molecule has 1 aliphatic rings. The molecule has 7 heteroatoms. The molecular formula is C20H25N4O3+. The quantitative estimate of drug-likeness (QED) is 0.422. The topological polar surface area (TPSA) is 103 Å². The van der Waals surface area contributed by atoms with Crippen molar-refractivity contribution < 1.29 is 19.5 Å². The number of nitrogens with zero attached hydrogens (tertiary/aromatic N) is 2. The van der Waals surface area contributed by atoms with Gasteiger partial charge in [0.25, 0.3) is 0 Å². The fraction of sp³-hybridized carbons (Fsp3) is 0.450. The van der Waals surface area contributed by atoms with Gasteiger partial charge in [-0.1, -0.05) is 12.1 Å². The number of ether oxygens (including phenoxy) is 1. The second-order valence-corrected chi connectivity index (χ2v) is 6.90. The number of aliphatic hydroxyl groups is 1. The number of rotatable bonds is 5. The van der Waals surface area contributed by atoms with Gasteiger partial charge in [0.05, 0.1) is 30.7 Å². The van der Waals surface area contributed by atoms with E-state index in [4.69, 9.17) is 4.74 Å². The van der Waals surface area contributed by atoms with E-state index in [9.17, 15) is 15.2 Å². The Bertz CT molecular complexity index is 863. The number of fused-ring (bicyclic) bond motifs is 1. The number of aromatic nitrogens is 2. The van der Waals surface area contributed by atoms with Crippen molar-refractivity contribution in [3.05, 3.63) is 35.8 Å². The van der Waals surface area contributed by atoms with Crippen LogP contribution in [0.3, 0.4) is 0 Å². The van der Waals surface area contributed by atoms with E-state index in [2.05, 4.69) is 16.0 Å². The number of para-hydroxylation sites is 2. The Morgan fingerprint density at radius 3 is 3.00 bits per heavy atom. The summed E-state index contributed by atoms with van der Waals surface area (Å²) in [7, 11) is 0. The molecule has 27 heavy (non-hydrogen) atoms. The van der Waals surface area contributed by atoms with E-state index in [1.807, 2.05) is 31.2 Å². The molecule has 3 N–H and O–H groups in total. The van der Waals surface area contributed by atoms with Crippen molar-refractivity contribution in [1.82, 2.24) is 9.97 Å². The number of aromatic amines is 1. The molecule has 3 rings (SSSR count). The minimum atomic E-state index is -0.315. The number of aliphatic hydroxyl groups excluding tert-OH is 1. The number of nitriles is 1. The Morgan fingerprint density at radius 2 is 2.30 bits per heavy atom. The third-order valence-electron chi connectivity index (χ3n) is 5.20. The molecule has 0 aliphatic carbocycles. The first-order chi connectivity index (χ1) is 13.0. The summed E-state index contributed by atoms with van der Waals surface area (Å²) in [6, 6.07) is 9.26. The van der Waals surface area contributed by atoms with Crippen LogP contribution in [0.1, 0.15) is 32.5 Å². The molecule has 1 aromatic heterocycles. The molecule has 0 amide bonds. The lowest BCUT2D eigenvalue weighted by atomic mass is 9.96. The standard InChI is InChI=1S/C20H24N4O3/c1-3-27-20(26)14-7-6-10-24(12-14)13(2)18(25)15(11-21)19-22-16-8-4-5-9-17(16)23-19/h4-5,8-9,13-14,25H,3,6-7,10,12H2,1-2H3,(H,22,23)/p+1/b18-15-/t13-,14+/m0/s1. The van der Waals surface area contributed by atoms with E-state index in [0.717, 1.165) is 35.3 Å². The number of carbonyl (C=O) groups excluding carboxylic acids is 1.